The number of nitrogens with one attached hydrogen (secondary N) is 3. The molecule has 0 heterocycles. The number of ether oxygens (including phenoxy) is 1. The molecule has 2 rings (SSSR count). The first-order chi connectivity index (χ1) is 15.5. The van der Waals surface area contributed by atoms with Crippen molar-refractivity contribution in [3.05, 3.63) is 65.7 Å². The Kier molecular flexibility index (Phi) is 10.7. The fourth-order valence-corrected chi connectivity index (χ4v) is 3.44. The van der Waals surface area contributed by atoms with Crippen LogP contribution in [-0.4, -0.2) is 38.6 Å². The van der Waals surface area contributed by atoms with E-state index in [1.54, 1.807) is 0 Å². The van der Waals surface area contributed by atoms with Gasteiger partial charge in [0.15, 0.2) is 0 Å². The summed E-state index contributed by atoms with van der Waals surface area (Å²) in [5.41, 5.74) is 1.62. The quantitative estimate of drug-likeness (QED) is 0.415. The van der Waals surface area contributed by atoms with Crippen LogP contribution in [-0.2, 0) is 9.59 Å². The number of benzene rings is 2. The maximum atomic E-state index is 12.9. The Hall–Kier alpha value is -2.86. The Morgan fingerprint density at radius 2 is 1.59 bits per heavy atom. The van der Waals surface area contributed by atoms with Gasteiger partial charge in [0.1, 0.15) is 11.8 Å². The molecule has 174 valence electrons. The molecule has 0 spiro atoms. The van der Waals surface area contributed by atoms with E-state index in [1.165, 1.54) is 0 Å². The highest BCUT2D eigenvalue weighted by Crippen LogP contribution is 2.22. The van der Waals surface area contributed by atoms with Crippen LogP contribution in [0.1, 0.15) is 56.7 Å². The van der Waals surface area contributed by atoms with Crippen LogP contribution >= 0.6 is 0 Å². The molecule has 0 radical (unpaired) electrons. The first kappa shape index (κ1) is 25.4. The molecule has 2 aromatic carbocycles. The predicted octanol–water partition coefficient (Wildman–Crippen LogP) is 3.80. The summed E-state index contributed by atoms with van der Waals surface area (Å²) >= 11 is 0. The van der Waals surface area contributed by atoms with Crippen molar-refractivity contribution in [1.29, 1.82) is 0 Å². The molecule has 0 aromatic heterocycles. The zero-order chi connectivity index (χ0) is 23.3. The first-order valence-corrected chi connectivity index (χ1v) is 11.5. The molecule has 0 fully saturated rings. The van der Waals surface area contributed by atoms with Gasteiger partial charge < -0.3 is 20.7 Å². The van der Waals surface area contributed by atoms with Crippen LogP contribution in [0.2, 0.25) is 0 Å². The summed E-state index contributed by atoms with van der Waals surface area (Å²) in [7, 11) is 1.83. The third-order valence-corrected chi connectivity index (χ3v) is 5.45. The molecule has 1 unspecified atom stereocenters. The Bertz CT molecular complexity index is 824. The lowest BCUT2D eigenvalue weighted by Crippen LogP contribution is -2.43. The van der Waals surface area contributed by atoms with Crippen molar-refractivity contribution < 1.29 is 14.3 Å². The Balaban J connectivity index is 2.12. The summed E-state index contributed by atoms with van der Waals surface area (Å²) in [6, 6.07) is 16.2. The summed E-state index contributed by atoms with van der Waals surface area (Å²) < 4.78 is 5.88. The van der Waals surface area contributed by atoms with Gasteiger partial charge >= 0.3 is 0 Å². The largest absolute Gasteiger partial charge is 0.493 e. The highest BCUT2D eigenvalue weighted by atomic mass is 16.5. The van der Waals surface area contributed by atoms with Crippen molar-refractivity contribution in [2.45, 2.75) is 45.6 Å². The van der Waals surface area contributed by atoms with Crippen LogP contribution in [0.3, 0.4) is 0 Å². The summed E-state index contributed by atoms with van der Waals surface area (Å²) in [4.78, 5) is 25.8. The van der Waals surface area contributed by atoms with Crippen LogP contribution < -0.4 is 20.7 Å². The molecular weight excluding hydrogens is 402 g/mol. The van der Waals surface area contributed by atoms with Crippen molar-refractivity contribution >= 4 is 11.8 Å². The number of likely N-dealkylation sites (N-methyl/N-ethyl adjacent to an activating group) is 1. The van der Waals surface area contributed by atoms with Crippen LogP contribution in [0, 0.1) is 5.92 Å². The van der Waals surface area contributed by atoms with Crippen molar-refractivity contribution in [1.82, 2.24) is 16.0 Å². The molecule has 2 amide bonds. The van der Waals surface area contributed by atoms with Gasteiger partial charge in [-0.15, -0.1) is 0 Å². The lowest BCUT2D eigenvalue weighted by Gasteiger charge is -2.22. The van der Waals surface area contributed by atoms with E-state index >= 15 is 0 Å². The van der Waals surface area contributed by atoms with Gasteiger partial charge in [0, 0.05) is 13.1 Å². The maximum Gasteiger partial charge on any atom is 0.247 e. The van der Waals surface area contributed by atoms with E-state index < -0.39 is 6.04 Å². The van der Waals surface area contributed by atoms with Crippen molar-refractivity contribution in [2.75, 3.05) is 26.7 Å². The SMILES string of the molecule is CCCC(C)COc1ccc([C@@H](NC(=O)[C@@H](C)c2ccccc2)C(=O)NCCNC)cc1. The van der Waals surface area contributed by atoms with E-state index in [0.717, 1.165) is 29.7 Å². The number of carbonyl (C=O) groups excluding carboxylic acids is 2. The van der Waals surface area contributed by atoms with Crippen LogP contribution in [0.4, 0.5) is 0 Å². The average Bonchev–Trinajstić information content (AvgIpc) is 2.82. The van der Waals surface area contributed by atoms with Gasteiger partial charge in [0.05, 0.1) is 12.5 Å². The molecule has 6 nitrogen and oxygen atoms in total. The van der Waals surface area contributed by atoms with E-state index in [4.69, 9.17) is 4.74 Å². The van der Waals surface area contributed by atoms with E-state index in [0.29, 0.717) is 25.6 Å². The van der Waals surface area contributed by atoms with E-state index in [1.807, 2.05) is 68.6 Å². The van der Waals surface area contributed by atoms with Gasteiger partial charge in [-0.3, -0.25) is 9.59 Å². The molecule has 0 bridgehead atoms. The highest BCUT2D eigenvalue weighted by molar-refractivity contribution is 5.91. The molecule has 32 heavy (non-hydrogen) atoms. The van der Waals surface area contributed by atoms with E-state index in [-0.39, 0.29) is 17.7 Å². The van der Waals surface area contributed by atoms with Crippen LogP contribution in [0.25, 0.3) is 0 Å². The summed E-state index contributed by atoms with van der Waals surface area (Å²) in [6.07, 6.45) is 2.26. The summed E-state index contributed by atoms with van der Waals surface area (Å²) in [5.74, 6) is 0.448. The Labute approximate surface area is 192 Å². The van der Waals surface area contributed by atoms with Crippen molar-refractivity contribution in [3.63, 3.8) is 0 Å². The number of amides is 2. The predicted molar refractivity (Wildman–Crippen MR) is 129 cm³/mol. The molecule has 6 heteroatoms. The number of carbonyl (C=O) groups is 2. The fourth-order valence-electron chi connectivity index (χ4n) is 3.44. The maximum absolute atomic E-state index is 12.9. The minimum atomic E-state index is -0.779. The number of hydrogen-bond donors (Lipinski definition) is 3. The van der Waals surface area contributed by atoms with Gasteiger partial charge in [0.25, 0.3) is 0 Å². The summed E-state index contributed by atoms with van der Waals surface area (Å²) in [5, 5.41) is 8.82. The van der Waals surface area contributed by atoms with Gasteiger partial charge in [-0.1, -0.05) is 62.7 Å². The second kappa shape index (κ2) is 13.5. The minimum absolute atomic E-state index is 0.196. The molecule has 0 aliphatic rings. The topological polar surface area (TPSA) is 79.5 Å². The number of hydrogen-bond acceptors (Lipinski definition) is 4. The fraction of sp³-hybridized carbons (Fsp3) is 0.462. The number of rotatable bonds is 13. The third-order valence-electron chi connectivity index (χ3n) is 5.45. The van der Waals surface area contributed by atoms with E-state index in [2.05, 4.69) is 29.8 Å². The normalized spacial score (nSPS) is 13.6. The first-order valence-electron chi connectivity index (χ1n) is 11.5. The third kappa shape index (κ3) is 8.00. The average molecular weight is 440 g/mol. The molecular formula is C26H37N3O3. The molecule has 0 aliphatic carbocycles. The van der Waals surface area contributed by atoms with Gasteiger partial charge in [-0.25, -0.2) is 0 Å². The zero-order valence-corrected chi connectivity index (χ0v) is 19.7. The van der Waals surface area contributed by atoms with Crippen molar-refractivity contribution in [3.8, 4) is 5.75 Å². The molecule has 3 atom stereocenters. The van der Waals surface area contributed by atoms with Crippen LogP contribution in [0.15, 0.2) is 54.6 Å². The molecule has 3 N–H and O–H groups in total. The van der Waals surface area contributed by atoms with Gasteiger partial charge in [0.2, 0.25) is 11.8 Å². The lowest BCUT2D eigenvalue weighted by atomic mass is 9.99. The van der Waals surface area contributed by atoms with E-state index in [9.17, 15) is 9.59 Å². The highest BCUT2D eigenvalue weighted by Gasteiger charge is 2.25. The smallest absolute Gasteiger partial charge is 0.247 e. The molecule has 2 aromatic rings. The second-order valence-electron chi connectivity index (χ2n) is 8.24. The Morgan fingerprint density at radius 3 is 2.22 bits per heavy atom. The Morgan fingerprint density at radius 1 is 0.906 bits per heavy atom. The second-order valence-corrected chi connectivity index (χ2v) is 8.24. The summed E-state index contributed by atoms with van der Waals surface area (Å²) in [6.45, 7) is 7.97. The van der Waals surface area contributed by atoms with Crippen molar-refractivity contribution in [2.24, 2.45) is 5.92 Å². The van der Waals surface area contributed by atoms with Gasteiger partial charge in [-0.2, -0.15) is 0 Å². The lowest BCUT2D eigenvalue weighted by molar-refractivity contribution is -0.129. The van der Waals surface area contributed by atoms with Gasteiger partial charge in [-0.05, 0) is 49.6 Å². The van der Waals surface area contributed by atoms with Crippen LogP contribution in [0.5, 0.6) is 5.75 Å². The standard InChI is InChI=1S/C26H37N3O3/c1-5-9-19(2)18-32-23-14-12-22(13-15-23)24(26(31)28-17-16-27-4)29-25(30)20(3)21-10-7-6-8-11-21/h6-8,10-15,19-20,24,27H,5,9,16-18H2,1-4H3,(H,28,31)(H,29,30)/t19?,20-,24+/m0/s1. The molecule has 0 saturated heterocycles. The molecule has 0 aliphatic heterocycles. The minimum Gasteiger partial charge on any atom is -0.493 e. The monoisotopic (exact) mass is 439 g/mol. The molecule has 0 saturated carbocycles. The zero-order valence-electron chi connectivity index (χ0n) is 19.7.